The maximum atomic E-state index is 16.1. The van der Waals surface area contributed by atoms with Crippen LogP contribution in [0.2, 0.25) is 0 Å². The van der Waals surface area contributed by atoms with Gasteiger partial charge < -0.3 is 19.5 Å². The van der Waals surface area contributed by atoms with E-state index in [1.54, 1.807) is 25.2 Å². The Bertz CT molecular complexity index is 1290. The predicted molar refractivity (Wildman–Crippen MR) is 154 cm³/mol. The number of aromatic hydroxyl groups is 1. The Kier molecular flexibility index (Phi) is 7.44. The third kappa shape index (κ3) is 4.87. The number of halogens is 2. The van der Waals surface area contributed by atoms with Crippen molar-refractivity contribution in [1.29, 1.82) is 0 Å². The number of benzene rings is 2. The zero-order valence-electron chi connectivity index (χ0n) is 24.5. The Morgan fingerprint density at radius 3 is 2.56 bits per heavy atom. The minimum absolute atomic E-state index is 0.0227. The number of phenols is 1. The van der Waals surface area contributed by atoms with Crippen LogP contribution in [0, 0.1) is 29.1 Å². The second-order valence-corrected chi connectivity index (χ2v) is 13.0. The van der Waals surface area contributed by atoms with Crippen molar-refractivity contribution in [2.75, 3.05) is 27.8 Å². The highest BCUT2D eigenvalue weighted by atomic mass is 19.3. The lowest BCUT2D eigenvalue weighted by Crippen LogP contribution is -2.51. The first kappa shape index (κ1) is 28.3. The zero-order valence-corrected chi connectivity index (χ0v) is 24.5. The lowest BCUT2D eigenvalue weighted by molar-refractivity contribution is -0.156. The van der Waals surface area contributed by atoms with Gasteiger partial charge in [-0.3, -0.25) is 4.79 Å². The number of methoxy groups -OCH3 is 2. The fourth-order valence-corrected chi connectivity index (χ4v) is 9.12. The molecule has 5 nitrogen and oxygen atoms in total. The second-order valence-electron chi connectivity index (χ2n) is 13.0. The number of hydrogen-bond acceptors (Lipinski definition) is 4. The molecule has 0 saturated heterocycles. The number of alkyl halides is 2. The summed E-state index contributed by atoms with van der Waals surface area (Å²) in [7, 11) is 5.02. The molecule has 0 bridgehead atoms. The number of phenolic OH excluding ortho intramolecular Hbond substituents is 1. The van der Waals surface area contributed by atoms with Crippen molar-refractivity contribution in [2.24, 2.45) is 29.1 Å². The van der Waals surface area contributed by atoms with Crippen LogP contribution in [0.15, 0.2) is 36.4 Å². The lowest BCUT2D eigenvalue weighted by atomic mass is 9.51. The van der Waals surface area contributed by atoms with Crippen molar-refractivity contribution in [3.63, 3.8) is 0 Å². The molecular formula is C34H43F2NO4. The van der Waals surface area contributed by atoms with Gasteiger partial charge in [0.2, 0.25) is 5.91 Å². The van der Waals surface area contributed by atoms with Crippen LogP contribution < -0.4 is 9.47 Å². The van der Waals surface area contributed by atoms with Crippen LogP contribution in [0.1, 0.15) is 74.0 Å². The van der Waals surface area contributed by atoms with Crippen LogP contribution >= 0.6 is 0 Å². The van der Waals surface area contributed by atoms with Crippen LogP contribution in [0.25, 0.3) is 0 Å². The van der Waals surface area contributed by atoms with E-state index in [1.165, 1.54) is 11.1 Å². The number of ether oxygens (including phenoxy) is 2. The number of carbonyl (C=O) groups excluding carboxylic acids is 1. The van der Waals surface area contributed by atoms with Crippen molar-refractivity contribution >= 4 is 5.91 Å². The molecule has 2 aromatic rings. The van der Waals surface area contributed by atoms with Crippen molar-refractivity contribution < 1.29 is 28.2 Å². The quantitative estimate of drug-likeness (QED) is 0.355. The van der Waals surface area contributed by atoms with E-state index in [-0.39, 0.29) is 47.7 Å². The summed E-state index contributed by atoms with van der Waals surface area (Å²) >= 11 is 0. The Hall–Kier alpha value is -2.83. The van der Waals surface area contributed by atoms with Crippen LogP contribution in [0.4, 0.5) is 8.78 Å². The maximum Gasteiger partial charge on any atom is 0.254 e. The highest BCUT2D eigenvalue weighted by Gasteiger charge is 2.73. The summed E-state index contributed by atoms with van der Waals surface area (Å²) in [6.45, 7) is 0.554. The number of carbonyl (C=O) groups is 1. The summed E-state index contributed by atoms with van der Waals surface area (Å²) in [5.74, 6) is -0.616. The Morgan fingerprint density at radius 1 is 1.05 bits per heavy atom. The monoisotopic (exact) mass is 567 g/mol. The molecule has 0 heterocycles. The van der Waals surface area contributed by atoms with E-state index in [1.807, 2.05) is 37.4 Å². The third-order valence-corrected chi connectivity index (χ3v) is 11.1. The largest absolute Gasteiger partial charge is 0.508 e. The molecule has 5 atom stereocenters. The molecule has 6 rings (SSSR count). The van der Waals surface area contributed by atoms with Gasteiger partial charge in [0.05, 0.1) is 14.2 Å². The summed E-state index contributed by atoms with van der Waals surface area (Å²) in [6, 6.07) is 11.4. The summed E-state index contributed by atoms with van der Waals surface area (Å²) in [5.41, 5.74) is 2.57. The van der Waals surface area contributed by atoms with Gasteiger partial charge in [0.1, 0.15) is 5.75 Å². The molecule has 1 amide bonds. The van der Waals surface area contributed by atoms with E-state index >= 15 is 8.78 Å². The Balaban J connectivity index is 1.16. The molecule has 2 aromatic carbocycles. The molecule has 0 aliphatic heterocycles. The van der Waals surface area contributed by atoms with Gasteiger partial charge in [-0.2, -0.15) is 0 Å². The minimum Gasteiger partial charge on any atom is -0.508 e. The SMILES string of the molecule is COc1ccc(CCN(C)C(=O)CC[C@@H]2CC(F)(F)[C@@]3(C4CC4)CC[C@@H]4c5ccc(O)cc5CCC4C23)cc1OC. The van der Waals surface area contributed by atoms with E-state index in [2.05, 4.69) is 0 Å². The molecule has 4 aliphatic carbocycles. The smallest absolute Gasteiger partial charge is 0.254 e. The second kappa shape index (κ2) is 10.8. The van der Waals surface area contributed by atoms with Crippen molar-refractivity contribution in [3.05, 3.63) is 53.1 Å². The van der Waals surface area contributed by atoms with Crippen LogP contribution in [-0.4, -0.2) is 49.6 Å². The average molecular weight is 568 g/mol. The van der Waals surface area contributed by atoms with Crippen molar-refractivity contribution in [1.82, 2.24) is 4.90 Å². The molecule has 0 radical (unpaired) electrons. The van der Waals surface area contributed by atoms with Crippen LogP contribution in [-0.2, 0) is 17.6 Å². The highest BCUT2D eigenvalue weighted by Crippen LogP contribution is 2.74. The van der Waals surface area contributed by atoms with Gasteiger partial charge in [-0.1, -0.05) is 12.1 Å². The van der Waals surface area contributed by atoms with Crippen molar-refractivity contribution in [3.8, 4) is 17.2 Å². The van der Waals surface area contributed by atoms with Gasteiger partial charge in [0.15, 0.2) is 11.5 Å². The summed E-state index contributed by atoms with van der Waals surface area (Å²) < 4.78 is 43.0. The number of hydrogen-bond donors (Lipinski definition) is 1. The fourth-order valence-electron chi connectivity index (χ4n) is 9.12. The Morgan fingerprint density at radius 2 is 1.83 bits per heavy atom. The molecule has 0 spiro atoms. The molecule has 3 fully saturated rings. The minimum atomic E-state index is -2.67. The highest BCUT2D eigenvalue weighted by molar-refractivity contribution is 5.75. The number of amides is 1. The number of aryl methyl sites for hydroxylation is 1. The molecular weight excluding hydrogens is 524 g/mol. The molecule has 2 unspecified atom stereocenters. The fraction of sp³-hybridized carbons (Fsp3) is 0.618. The molecule has 7 heteroatoms. The predicted octanol–water partition coefficient (Wildman–Crippen LogP) is 7.00. The van der Waals surface area contributed by atoms with E-state index in [9.17, 15) is 9.90 Å². The topological polar surface area (TPSA) is 59.0 Å². The summed E-state index contributed by atoms with van der Waals surface area (Å²) in [6.07, 6.45) is 6.37. The third-order valence-electron chi connectivity index (χ3n) is 11.1. The first-order chi connectivity index (χ1) is 19.7. The number of nitrogens with zero attached hydrogens (tertiary/aromatic N) is 1. The first-order valence-corrected chi connectivity index (χ1v) is 15.3. The molecule has 0 aromatic heterocycles. The lowest BCUT2D eigenvalue weighted by Gasteiger charge is -2.53. The van der Waals surface area contributed by atoms with Gasteiger partial charge in [-0.05, 0) is 122 Å². The van der Waals surface area contributed by atoms with Gasteiger partial charge in [-0.15, -0.1) is 0 Å². The molecule has 41 heavy (non-hydrogen) atoms. The number of fused-ring (bicyclic) bond motifs is 5. The van der Waals surface area contributed by atoms with E-state index in [0.717, 1.165) is 37.7 Å². The first-order valence-electron chi connectivity index (χ1n) is 15.3. The Labute approximate surface area is 242 Å². The molecule has 4 aliphatic rings. The zero-order chi connectivity index (χ0) is 28.9. The van der Waals surface area contributed by atoms with E-state index < -0.39 is 11.3 Å². The molecule has 3 saturated carbocycles. The summed E-state index contributed by atoms with van der Waals surface area (Å²) in [5, 5.41) is 10.0. The normalized spacial score (nSPS) is 29.7. The number of rotatable bonds is 9. The standard InChI is InChI=1S/C34H43F2NO4/c1-37(17-15-21-4-12-29(40-2)30(18-21)41-3)31(39)13-6-23-20-34(35,36)33(24-7-8-24)16-14-27-26-11-9-25(38)19-22(26)5-10-28(27)32(23)33/h4,9,11-12,18-19,23-24,27-28,32,38H,5-8,10,13-17,20H2,1-3H3/t23-,27-,28?,32?,33-/m1/s1. The molecule has 1 N–H and O–H groups in total. The van der Waals surface area contributed by atoms with Crippen LogP contribution in [0.5, 0.6) is 17.2 Å². The number of likely N-dealkylation sites (N-methyl/N-ethyl adjacent to an activating group) is 1. The maximum absolute atomic E-state index is 16.1. The van der Waals surface area contributed by atoms with Gasteiger partial charge >= 0.3 is 0 Å². The van der Waals surface area contributed by atoms with E-state index in [4.69, 9.17) is 9.47 Å². The average Bonchev–Trinajstić information content (AvgIpc) is 3.79. The summed E-state index contributed by atoms with van der Waals surface area (Å²) in [4.78, 5) is 15.0. The van der Waals surface area contributed by atoms with Crippen molar-refractivity contribution in [2.45, 2.75) is 76.0 Å². The van der Waals surface area contributed by atoms with E-state index in [0.29, 0.717) is 43.7 Å². The van der Waals surface area contributed by atoms with Gasteiger partial charge in [0.25, 0.3) is 5.92 Å². The molecule has 222 valence electrons. The van der Waals surface area contributed by atoms with Gasteiger partial charge in [-0.25, -0.2) is 8.78 Å². The van der Waals surface area contributed by atoms with Crippen LogP contribution in [0.3, 0.4) is 0 Å². The van der Waals surface area contributed by atoms with Gasteiger partial charge in [0, 0.05) is 31.8 Å².